The lowest BCUT2D eigenvalue weighted by Gasteiger charge is -2.35. The van der Waals surface area contributed by atoms with Crippen molar-refractivity contribution in [2.45, 2.75) is 51.9 Å². The number of fused-ring (bicyclic) bond motifs is 1. The molecule has 1 fully saturated rings. The molecule has 1 aromatic rings. The van der Waals surface area contributed by atoms with Crippen LogP contribution in [0.1, 0.15) is 38.7 Å². The zero-order chi connectivity index (χ0) is 16.9. The molecule has 0 radical (unpaired) electrons. The van der Waals surface area contributed by atoms with Gasteiger partial charge < -0.3 is 24.6 Å². The first-order valence-electron chi connectivity index (χ1n) is 9.01. The van der Waals surface area contributed by atoms with E-state index in [1.165, 1.54) is 19.3 Å². The monoisotopic (exact) mass is 335 g/mol. The predicted molar refractivity (Wildman–Crippen MR) is 92.2 cm³/mol. The van der Waals surface area contributed by atoms with Gasteiger partial charge in [0.1, 0.15) is 0 Å². The van der Waals surface area contributed by atoms with Crippen molar-refractivity contribution in [2.24, 2.45) is 11.8 Å². The molecule has 24 heavy (non-hydrogen) atoms. The van der Waals surface area contributed by atoms with Crippen LogP contribution in [0.4, 0.5) is 0 Å². The second kappa shape index (κ2) is 8.19. The number of nitrogens with one attached hydrogen (secondary N) is 1. The van der Waals surface area contributed by atoms with Gasteiger partial charge >= 0.3 is 0 Å². The zero-order valence-electron chi connectivity index (χ0n) is 14.7. The van der Waals surface area contributed by atoms with Gasteiger partial charge in [0.2, 0.25) is 6.79 Å². The van der Waals surface area contributed by atoms with E-state index in [-0.39, 0.29) is 6.79 Å². The van der Waals surface area contributed by atoms with Crippen LogP contribution < -0.4 is 14.8 Å². The smallest absolute Gasteiger partial charge is 0.231 e. The van der Waals surface area contributed by atoms with Crippen molar-refractivity contribution in [3.05, 3.63) is 23.8 Å². The minimum Gasteiger partial charge on any atom is -0.454 e. The molecule has 3 rings (SSSR count). The van der Waals surface area contributed by atoms with Gasteiger partial charge in [0, 0.05) is 12.6 Å². The van der Waals surface area contributed by atoms with E-state index in [2.05, 4.69) is 19.2 Å². The van der Waals surface area contributed by atoms with E-state index in [4.69, 9.17) is 14.2 Å². The number of benzene rings is 1. The summed E-state index contributed by atoms with van der Waals surface area (Å²) in [6, 6.07) is 6.30. The van der Waals surface area contributed by atoms with Gasteiger partial charge in [0.15, 0.2) is 11.5 Å². The van der Waals surface area contributed by atoms with Gasteiger partial charge in [-0.05, 0) is 36.0 Å². The quantitative estimate of drug-likeness (QED) is 0.802. The summed E-state index contributed by atoms with van der Waals surface area (Å²) < 4.78 is 16.3. The van der Waals surface area contributed by atoms with Crippen molar-refractivity contribution >= 4 is 0 Å². The summed E-state index contributed by atoms with van der Waals surface area (Å²) in [5.74, 6) is 2.97. The molecule has 0 bridgehead atoms. The zero-order valence-corrected chi connectivity index (χ0v) is 14.7. The Morgan fingerprint density at radius 3 is 2.96 bits per heavy atom. The van der Waals surface area contributed by atoms with Crippen LogP contribution in [0, 0.1) is 11.8 Å². The molecule has 1 heterocycles. The Kier molecular flexibility index (Phi) is 5.98. The summed E-state index contributed by atoms with van der Waals surface area (Å²) in [5, 5.41) is 13.7. The van der Waals surface area contributed by atoms with Gasteiger partial charge in [0.05, 0.1) is 19.3 Å². The fourth-order valence-electron chi connectivity index (χ4n) is 3.56. The van der Waals surface area contributed by atoms with Crippen LogP contribution >= 0.6 is 0 Å². The van der Waals surface area contributed by atoms with Crippen molar-refractivity contribution in [1.82, 2.24) is 5.32 Å². The van der Waals surface area contributed by atoms with Crippen molar-refractivity contribution in [3.8, 4) is 11.5 Å². The van der Waals surface area contributed by atoms with Crippen LogP contribution in [-0.4, -0.2) is 37.2 Å². The van der Waals surface area contributed by atoms with Crippen molar-refractivity contribution in [1.29, 1.82) is 0 Å². The Bertz CT molecular complexity index is 536. The summed E-state index contributed by atoms with van der Waals surface area (Å²) in [4.78, 5) is 0. The van der Waals surface area contributed by atoms with Crippen LogP contribution in [0.5, 0.6) is 11.5 Å². The highest BCUT2D eigenvalue weighted by Crippen LogP contribution is 2.32. The summed E-state index contributed by atoms with van der Waals surface area (Å²) in [5.41, 5.74) is 1.02. The van der Waals surface area contributed by atoms with Crippen LogP contribution in [0.15, 0.2) is 18.2 Å². The lowest BCUT2D eigenvalue weighted by atomic mass is 9.78. The Morgan fingerprint density at radius 2 is 2.08 bits per heavy atom. The number of rotatable bonds is 7. The Labute approximate surface area is 144 Å². The molecular weight excluding hydrogens is 306 g/mol. The highest BCUT2D eigenvalue weighted by Gasteiger charge is 2.26. The Balaban J connectivity index is 1.36. The molecular formula is C19H29NO4. The van der Waals surface area contributed by atoms with Crippen LogP contribution in [0.3, 0.4) is 0 Å². The SMILES string of the molecule is C[C@@H]1[C@@H](C)CCC[C@H]1NC[C@H](O)COCc1ccc2c(c1)OCO2. The van der Waals surface area contributed by atoms with E-state index >= 15 is 0 Å². The summed E-state index contributed by atoms with van der Waals surface area (Å²) >= 11 is 0. The first-order chi connectivity index (χ1) is 11.6. The average Bonchev–Trinajstić information content (AvgIpc) is 3.04. The lowest BCUT2D eigenvalue weighted by molar-refractivity contribution is 0.0250. The van der Waals surface area contributed by atoms with Crippen molar-refractivity contribution < 1.29 is 19.3 Å². The maximum absolute atomic E-state index is 10.1. The Morgan fingerprint density at radius 1 is 1.25 bits per heavy atom. The second-order valence-corrected chi connectivity index (χ2v) is 7.14. The first kappa shape index (κ1) is 17.5. The predicted octanol–water partition coefficient (Wildman–Crippen LogP) is 2.71. The molecule has 0 aromatic heterocycles. The third-order valence-corrected chi connectivity index (χ3v) is 5.34. The van der Waals surface area contributed by atoms with E-state index in [0.29, 0.717) is 31.7 Å². The molecule has 4 atom stereocenters. The number of hydrogen-bond donors (Lipinski definition) is 2. The average molecular weight is 335 g/mol. The van der Waals surface area contributed by atoms with Gasteiger partial charge in [-0.2, -0.15) is 0 Å². The molecule has 1 aliphatic carbocycles. The number of ether oxygens (including phenoxy) is 3. The summed E-state index contributed by atoms with van der Waals surface area (Å²) in [6.07, 6.45) is 3.32. The number of hydrogen-bond acceptors (Lipinski definition) is 5. The van der Waals surface area contributed by atoms with Crippen LogP contribution in [0.2, 0.25) is 0 Å². The summed E-state index contributed by atoms with van der Waals surface area (Å²) in [7, 11) is 0. The molecule has 134 valence electrons. The molecule has 1 saturated carbocycles. The van der Waals surface area contributed by atoms with Crippen LogP contribution in [-0.2, 0) is 11.3 Å². The largest absolute Gasteiger partial charge is 0.454 e. The minimum atomic E-state index is -0.483. The maximum atomic E-state index is 10.1. The molecule has 1 aliphatic heterocycles. The van der Waals surface area contributed by atoms with Gasteiger partial charge in [-0.1, -0.05) is 32.8 Å². The first-order valence-corrected chi connectivity index (χ1v) is 9.01. The Hall–Kier alpha value is -1.30. The third-order valence-electron chi connectivity index (χ3n) is 5.34. The molecule has 2 aliphatic rings. The topological polar surface area (TPSA) is 60.0 Å². The highest BCUT2D eigenvalue weighted by atomic mass is 16.7. The van der Waals surface area contributed by atoms with E-state index in [1.54, 1.807) is 0 Å². The molecule has 0 amide bonds. The highest BCUT2D eigenvalue weighted by molar-refractivity contribution is 5.44. The van der Waals surface area contributed by atoms with E-state index in [0.717, 1.165) is 23.0 Å². The van der Waals surface area contributed by atoms with Gasteiger partial charge in [0.25, 0.3) is 0 Å². The fourth-order valence-corrected chi connectivity index (χ4v) is 3.56. The molecule has 5 heteroatoms. The molecule has 0 unspecified atom stereocenters. The molecule has 2 N–H and O–H groups in total. The summed E-state index contributed by atoms with van der Waals surface area (Å²) in [6.45, 7) is 6.29. The van der Waals surface area contributed by atoms with E-state index in [9.17, 15) is 5.11 Å². The van der Waals surface area contributed by atoms with E-state index in [1.807, 2.05) is 18.2 Å². The van der Waals surface area contributed by atoms with Crippen molar-refractivity contribution in [2.75, 3.05) is 19.9 Å². The standard InChI is InChI=1S/C19H29NO4/c1-13-4-3-5-17(14(13)2)20-9-16(21)11-22-10-15-6-7-18-19(8-15)24-12-23-18/h6-8,13-14,16-17,20-21H,3-5,9-12H2,1-2H3/t13-,14+,16-,17+/m0/s1. The fraction of sp³-hybridized carbons (Fsp3) is 0.684. The third kappa shape index (κ3) is 4.41. The van der Waals surface area contributed by atoms with Gasteiger partial charge in [-0.25, -0.2) is 0 Å². The normalized spacial score (nSPS) is 27.2. The van der Waals surface area contributed by atoms with Crippen LogP contribution in [0.25, 0.3) is 0 Å². The lowest BCUT2D eigenvalue weighted by Crippen LogP contribution is -2.44. The van der Waals surface area contributed by atoms with Gasteiger partial charge in [-0.15, -0.1) is 0 Å². The minimum absolute atomic E-state index is 0.280. The molecule has 0 saturated heterocycles. The second-order valence-electron chi connectivity index (χ2n) is 7.14. The molecule has 1 aromatic carbocycles. The van der Waals surface area contributed by atoms with E-state index < -0.39 is 6.10 Å². The molecule has 0 spiro atoms. The molecule has 5 nitrogen and oxygen atoms in total. The van der Waals surface area contributed by atoms with Crippen molar-refractivity contribution in [3.63, 3.8) is 0 Å². The van der Waals surface area contributed by atoms with Gasteiger partial charge in [-0.3, -0.25) is 0 Å². The maximum Gasteiger partial charge on any atom is 0.231 e. The number of aliphatic hydroxyl groups excluding tert-OH is 1. The number of aliphatic hydroxyl groups is 1.